The zero-order valence-electron chi connectivity index (χ0n) is 12.7. The summed E-state index contributed by atoms with van der Waals surface area (Å²) in [6.45, 7) is 3.05. The Morgan fingerprint density at radius 1 is 1.00 bits per heavy atom. The number of methoxy groups -OCH3 is 2. The summed E-state index contributed by atoms with van der Waals surface area (Å²) in [6.07, 6.45) is 0. The first-order valence-electron chi connectivity index (χ1n) is 6.81. The molecule has 0 aliphatic heterocycles. The van der Waals surface area contributed by atoms with Crippen molar-refractivity contribution < 1.29 is 14.2 Å². The second kappa shape index (κ2) is 6.99. The number of benzene rings is 2. The SMILES string of the molecule is COc1cccc(OC)c1OCc1ccc(CN)cc1C. The van der Waals surface area contributed by atoms with E-state index in [1.54, 1.807) is 14.2 Å². The van der Waals surface area contributed by atoms with E-state index in [9.17, 15) is 0 Å². The van der Waals surface area contributed by atoms with Gasteiger partial charge in [-0.2, -0.15) is 0 Å². The van der Waals surface area contributed by atoms with E-state index in [2.05, 4.69) is 13.0 Å². The van der Waals surface area contributed by atoms with Crippen molar-refractivity contribution in [3.05, 3.63) is 53.1 Å². The maximum absolute atomic E-state index is 5.91. The molecule has 0 heterocycles. The van der Waals surface area contributed by atoms with Crippen molar-refractivity contribution in [2.24, 2.45) is 5.73 Å². The summed E-state index contributed by atoms with van der Waals surface area (Å²) in [4.78, 5) is 0. The predicted molar refractivity (Wildman–Crippen MR) is 82.9 cm³/mol. The summed E-state index contributed by atoms with van der Waals surface area (Å²) in [7, 11) is 3.23. The largest absolute Gasteiger partial charge is 0.493 e. The van der Waals surface area contributed by atoms with Gasteiger partial charge in [0.25, 0.3) is 0 Å². The van der Waals surface area contributed by atoms with E-state index in [1.807, 2.05) is 30.3 Å². The van der Waals surface area contributed by atoms with E-state index in [-0.39, 0.29) is 0 Å². The van der Waals surface area contributed by atoms with Gasteiger partial charge < -0.3 is 19.9 Å². The number of rotatable bonds is 6. The molecule has 2 N–H and O–H groups in total. The lowest BCUT2D eigenvalue weighted by atomic mass is 10.1. The maximum Gasteiger partial charge on any atom is 0.203 e. The molecule has 2 rings (SSSR count). The van der Waals surface area contributed by atoms with Crippen LogP contribution in [0.4, 0.5) is 0 Å². The third kappa shape index (κ3) is 3.47. The van der Waals surface area contributed by atoms with Crippen molar-refractivity contribution >= 4 is 0 Å². The number of hydrogen-bond donors (Lipinski definition) is 1. The molecule has 0 bridgehead atoms. The third-order valence-corrected chi connectivity index (χ3v) is 3.40. The standard InChI is InChI=1S/C17H21NO3/c1-12-9-13(10-18)7-8-14(12)11-21-17-15(19-2)5-4-6-16(17)20-3/h4-9H,10-11,18H2,1-3H3. The van der Waals surface area contributed by atoms with Crippen LogP contribution in [0.2, 0.25) is 0 Å². The van der Waals surface area contributed by atoms with Crippen molar-refractivity contribution in [2.75, 3.05) is 14.2 Å². The molecular weight excluding hydrogens is 266 g/mol. The molecule has 0 fully saturated rings. The average Bonchev–Trinajstić information content (AvgIpc) is 2.53. The van der Waals surface area contributed by atoms with Crippen LogP contribution in [-0.2, 0) is 13.2 Å². The lowest BCUT2D eigenvalue weighted by Gasteiger charge is -2.15. The Morgan fingerprint density at radius 2 is 1.67 bits per heavy atom. The molecule has 0 aromatic heterocycles. The number of ether oxygens (including phenoxy) is 3. The molecule has 112 valence electrons. The van der Waals surface area contributed by atoms with Crippen LogP contribution in [0.5, 0.6) is 17.2 Å². The fourth-order valence-electron chi connectivity index (χ4n) is 2.16. The highest BCUT2D eigenvalue weighted by Gasteiger charge is 2.12. The molecule has 0 saturated carbocycles. The Kier molecular flexibility index (Phi) is 5.06. The van der Waals surface area contributed by atoms with E-state index in [0.29, 0.717) is 30.4 Å². The molecule has 4 nitrogen and oxygen atoms in total. The minimum atomic E-state index is 0.452. The highest BCUT2D eigenvalue weighted by atomic mass is 16.5. The van der Waals surface area contributed by atoms with Gasteiger partial charge in [-0.15, -0.1) is 0 Å². The van der Waals surface area contributed by atoms with Gasteiger partial charge in [0, 0.05) is 6.54 Å². The van der Waals surface area contributed by atoms with Gasteiger partial charge in [0.05, 0.1) is 14.2 Å². The number of para-hydroxylation sites is 1. The summed E-state index contributed by atoms with van der Waals surface area (Å²) in [5, 5.41) is 0. The van der Waals surface area contributed by atoms with Crippen LogP contribution in [-0.4, -0.2) is 14.2 Å². The van der Waals surface area contributed by atoms with Crippen LogP contribution in [0, 0.1) is 6.92 Å². The number of nitrogens with two attached hydrogens (primary N) is 1. The topological polar surface area (TPSA) is 53.7 Å². The molecule has 0 unspecified atom stereocenters. The van der Waals surface area contributed by atoms with Crippen LogP contribution < -0.4 is 19.9 Å². The highest BCUT2D eigenvalue weighted by molar-refractivity contribution is 5.51. The lowest BCUT2D eigenvalue weighted by molar-refractivity contribution is 0.265. The Balaban J connectivity index is 2.20. The van der Waals surface area contributed by atoms with Gasteiger partial charge >= 0.3 is 0 Å². The second-order valence-corrected chi connectivity index (χ2v) is 4.75. The molecule has 0 amide bonds. The van der Waals surface area contributed by atoms with Gasteiger partial charge in [0.15, 0.2) is 11.5 Å². The van der Waals surface area contributed by atoms with Crippen molar-refractivity contribution in [3.63, 3.8) is 0 Å². The molecule has 2 aromatic rings. The minimum absolute atomic E-state index is 0.452. The van der Waals surface area contributed by atoms with E-state index < -0.39 is 0 Å². The zero-order valence-corrected chi connectivity index (χ0v) is 12.7. The van der Waals surface area contributed by atoms with Crippen molar-refractivity contribution in [1.29, 1.82) is 0 Å². The summed E-state index contributed by atoms with van der Waals surface area (Å²) in [5.74, 6) is 1.93. The summed E-state index contributed by atoms with van der Waals surface area (Å²) >= 11 is 0. The van der Waals surface area contributed by atoms with Crippen molar-refractivity contribution in [1.82, 2.24) is 0 Å². The third-order valence-electron chi connectivity index (χ3n) is 3.40. The Hall–Kier alpha value is -2.20. The van der Waals surface area contributed by atoms with Gasteiger partial charge in [-0.25, -0.2) is 0 Å². The first-order chi connectivity index (χ1) is 10.2. The summed E-state index contributed by atoms with van der Waals surface area (Å²) < 4.78 is 16.6. The average molecular weight is 287 g/mol. The minimum Gasteiger partial charge on any atom is -0.493 e. The quantitative estimate of drug-likeness (QED) is 0.887. The van der Waals surface area contributed by atoms with Gasteiger partial charge in [-0.1, -0.05) is 24.3 Å². The highest BCUT2D eigenvalue weighted by Crippen LogP contribution is 2.37. The number of hydrogen-bond acceptors (Lipinski definition) is 4. The van der Waals surface area contributed by atoms with Gasteiger partial charge in [0.1, 0.15) is 6.61 Å². The molecule has 0 atom stereocenters. The maximum atomic E-state index is 5.91. The van der Waals surface area contributed by atoms with E-state index in [1.165, 1.54) is 0 Å². The smallest absolute Gasteiger partial charge is 0.203 e. The summed E-state index contributed by atoms with van der Waals surface area (Å²) in [6, 6.07) is 11.7. The van der Waals surface area contributed by atoms with Gasteiger partial charge in [-0.05, 0) is 35.7 Å². The molecule has 0 spiro atoms. The van der Waals surface area contributed by atoms with Crippen LogP contribution >= 0.6 is 0 Å². The lowest BCUT2D eigenvalue weighted by Crippen LogP contribution is -2.03. The molecule has 0 aliphatic rings. The van der Waals surface area contributed by atoms with Crippen molar-refractivity contribution in [2.45, 2.75) is 20.1 Å². The van der Waals surface area contributed by atoms with Crippen LogP contribution in [0.3, 0.4) is 0 Å². The molecule has 0 radical (unpaired) electrons. The fourth-order valence-corrected chi connectivity index (χ4v) is 2.16. The van der Waals surface area contributed by atoms with Gasteiger partial charge in [0.2, 0.25) is 5.75 Å². The van der Waals surface area contributed by atoms with E-state index in [4.69, 9.17) is 19.9 Å². The van der Waals surface area contributed by atoms with Gasteiger partial charge in [-0.3, -0.25) is 0 Å². The molecule has 0 aliphatic carbocycles. The first-order valence-corrected chi connectivity index (χ1v) is 6.81. The Labute approximate surface area is 125 Å². The van der Waals surface area contributed by atoms with Crippen LogP contribution in [0.15, 0.2) is 36.4 Å². The monoisotopic (exact) mass is 287 g/mol. The zero-order chi connectivity index (χ0) is 15.2. The summed E-state index contributed by atoms with van der Waals surface area (Å²) in [5.41, 5.74) is 9.03. The molecule has 4 heteroatoms. The van der Waals surface area contributed by atoms with Crippen LogP contribution in [0.1, 0.15) is 16.7 Å². The predicted octanol–water partition coefficient (Wildman–Crippen LogP) is 3.05. The van der Waals surface area contributed by atoms with Crippen LogP contribution in [0.25, 0.3) is 0 Å². The first kappa shape index (κ1) is 15.2. The molecule has 21 heavy (non-hydrogen) atoms. The van der Waals surface area contributed by atoms with E-state index in [0.717, 1.165) is 16.7 Å². The van der Waals surface area contributed by atoms with E-state index >= 15 is 0 Å². The Morgan fingerprint density at radius 3 is 2.19 bits per heavy atom. The van der Waals surface area contributed by atoms with Crippen molar-refractivity contribution in [3.8, 4) is 17.2 Å². The molecular formula is C17H21NO3. The Bertz CT molecular complexity index is 589. The fraction of sp³-hybridized carbons (Fsp3) is 0.294. The normalized spacial score (nSPS) is 10.3. The number of aryl methyl sites for hydroxylation is 1. The molecule has 2 aromatic carbocycles. The second-order valence-electron chi connectivity index (χ2n) is 4.75. The molecule has 0 saturated heterocycles.